The number of aliphatic hydroxyl groups excluding tert-OH is 1. The van der Waals surface area contributed by atoms with Gasteiger partial charge in [-0.05, 0) is 75.9 Å². The second-order valence-electron chi connectivity index (χ2n) is 14.9. The molecule has 4 aliphatic rings. The lowest BCUT2D eigenvalue weighted by Gasteiger charge is -2.62. The summed E-state index contributed by atoms with van der Waals surface area (Å²) in [5, 5.41) is 23.5. The van der Waals surface area contributed by atoms with Gasteiger partial charge in [0.05, 0.1) is 25.4 Å². The molecule has 0 spiro atoms. The fraction of sp³-hybridized carbons (Fsp3) is 0.676. The van der Waals surface area contributed by atoms with Gasteiger partial charge in [0.2, 0.25) is 18.5 Å². The first-order valence-electron chi connectivity index (χ1n) is 17.5. The van der Waals surface area contributed by atoms with Gasteiger partial charge in [0, 0.05) is 16.7 Å². The summed E-state index contributed by atoms with van der Waals surface area (Å²) in [6.45, 7) is 7.00. The monoisotopic (exact) mass is 719 g/mol. The summed E-state index contributed by atoms with van der Waals surface area (Å²) in [5.41, 5.74) is -0.761. The number of amides is 1. The normalized spacial score (nSPS) is 35.1. The highest BCUT2D eigenvalue weighted by Gasteiger charge is 2.75. The number of hydrogen-bond acceptors (Lipinski definition) is 12. The number of primary amides is 1. The fourth-order valence-corrected chi connectivity index (χ4v) is 9.11. The molecule has 10 atom stereocenters. The van der Waals surface area contributed by atoms with Crippen molar-refractivity contribution in [2.24, 2.45) is 40.2 Å². The summed E-state index contributed by atoms with van der Waals surface area (Å²) < 4.78 is 37.2. The van der Waals surface area contributed by atoms with Gasteiger partial charge >= 0.3 is 18.1 Å². The van der Waals surface area contributed by atoms with E-state index in [4.69, 9.17) is 24.7 Å². The molecule has 4 rings (SSSR count). The molecule has 0 saturated heterocycles. The number of ether oxygens (including phenoxy) is 4. The van der Waals surface area contributed by atoms with E-state index in [1.807, 2.05) is 13.0 Å². The van der Waals surface area contributed by atoms with Gasteiger partial charge in [-0.1, -0.05) is 44.6 Å². The number of carbonyl (C=O) groups is 6. The standard InChI is InChI=1S/C37H50FNO12/c1-6-7-8-21(2)27(17-30(39)43)51-33(46)50-20-49-32(45)12-11-31(44)48-19-29(42)37(47)22(3)15-26-25-10-9-23-16-24(40)13-14-34(23,4)36(25,38)28(41)18-35(26,37)5/h6-7,13-14,16,21-22,25-28,41,47H,8-12,15,17-20H2,1-5H3,(H2,39,43)/b7-6+/t21-,22-,25?,26?,27+,28+,34+,35+,36+,37+/m1/s1. The quantitative estimate of drug-likeness (QED) is 0.102. The van der Waals surface area contributed by atoms with Crippen molar-refractivity contribution in [3.63, 3.8) is 0 Å². The molecule has 0 bridgehead atoms. The SMILES string of the molecule is C/C=C/C[C@@H](C)[C@H](CC(N)=O)OC(=O)OCOC(=O)CCC(=O)OCC(=O)[C@@]1(O)[C@H](C)CC2C3CCC4=CC(=O)C=C[C@]4(C)[C@@]3(F)[C@@H](O)C[C@@]21C. The van der Waals surface area contributed by atoms with E-state index in [1.165, 1.54) is 18.2 Å². The number of alkyl halides is 1. The van der Waals surface area contributed by atoms with Gasteiger partial charge in [-0.25, -0.2) is 9.18 Å². The Morgan fingerprint density at radius 3 is 2.41 bits per heavy atom. The van der Waals surface area contributed by atoms with Crippen LogP contribution in [0.25, 0.3) is 0 Å². The third-order valence-corrected chi connectivity index (χ3v) is 12.0. The fourth-order valence-electron chi connectivity index (χ4n) is 9.11. The molecular weight excluding hydrogens is 669 g/mol. The number of allylic oxidation sites excluding steroid dienone is 6. The van der Waals surface area contributed by atoms with E-state index in [0.717, 1.165) is 0 Å². The average Bonchev–Trinajstić information content (AvgIpc) is 3.26. The predicted molar refractivity (Wildman–Crippen MR) is 178 cm³/mol. The molecule has 3 fully saturated rings. The van der Waals surface area contributed by atoms with E-state index in [2.05, 4.69) is 0 Å². The van der Waals surface area contributed by atoms with Crippen LogP contribution in [0.1, 0.15) is 86.0 Å². The molecule has 3 saturated carbocycles. The predicted octanol–water partition coefficient (Wildman–Crippen LogP) is 3.73. The lowest BCUT2D eigenvalue weighted by atomic mass is 9.44. The molecule has 1 amide bonds. The second kappa shape index (κ2) is 15.4. The second-order valence-corrected chi connectivity index (χ2v) is 14.9. The summed E-state index contributed by atoms with van der Waals surface area (Å²) >= 11 is 0. The van der Waals surface area contributed by atoms with Crippen LogP contribution in [0.5, 0.6) is 0 Å². The Labute approximate surface area is 296 Å². The zero-order valence-corrected chi connectivity index (χ0v) is 29.9. The van der Waals surface area contributed by atoms with Crippen LogP contribution in [0.4, 0.5) is 9.18 Å². The maximum absolute atomic E-state index is 17.3. The van der Waals surface area contributed by atoms with Gasteiger partial charge in [0.15, 0.2) is 18.1 Å². The number of rotatable bonds is 14. The molecule has 0 heterocycles. The number of hydrogen-bond donors (Lipinski definition) is 3. The van der Waals surface area contributed by atoms with Crippen LogP contribution in [-0.2, 0) is 42.9 Å². The highest BCUT2D eigenvalue weighted by Crippen LogP contribution is 2.70. The number of ketones is 2. The third-order valence-electron chi connectivity index (χ3n) is 12.0. The maximum Gasteiger partial charge on any atom is 0.511 e. The topological polar surface area (TPSA) is 206 Å². The Hall–Kier alpha value is -3.91. The molecule has 51 heavy (non-hydrogen) atoms. The molecule has 4 N–H and O–H groups in total. The van der Waals surface area contributed by atoms with Gasteiger partial charge in [-0.3, -0.25) is 24.0 Å². The number of Topliss-reactive ketones (excluding diaryl/α,β-unsaturated/α-hetero) is 1. The summed E-state index contributed by atoms with van der Waals surface area (Å²) in [7, 11) is 0. The van der Waals surface area contributed by atoms with Crippen LogP contribution in [0.15, 0.2) is 36.0 Å². The van der Waals surface area contributed by atoms with E-state index < -0.39 is 108 Å². The summed E-state index contributed by atoms with van der Waals surface area (Å²) in [4.78, 5) is 73.8. The van der Waals surface area contributed by atoms with Crippen LogP contribution in [0, 0.1) is 34.5 Å². The first-order valence-corrected chi connectivity index (χ1v) is 17.5. The molecule has 2 unspecified atom stereocenters. The lowest BCUT2D eigenvalue weighted by molar-refractivity contribution is -0.220. The summed E-state index contributed by atoms with van der Waals surface area (Å²) in [5.74, 6) is -5.63. The van der Waals surface area contributed by atoms with Gasteiger partial charge in [-0.2, -0.15) is 0 Å². The van der Waals surface area contributed by atoms with Gasteiger partial charge in [0.25, 0.3) is 0 Å². The van der Waals surface area contributed by atoms with Crippen molar-refractivity contribution in [1.29, 1.82) is 0 Å². The number of aliphatic hydroxyl groups is 2. The van der Waals surface area contributed by atoms with Gasteiger partial charge in [-0.15, -0.1) is 0 Å². The number of esters is 2. The van der Waals surface area contributed by atoms with Crippen LogP contribution in [0.3, 0.4) is 0 Å². The zero-order chi connectivity index (χ0) is 37.9. The Morgan fingerprint density at radius 1 is 1.10 bits per heavy atom. The number of halogens is 1. The molecule has 0 aliphatic heterocycles. The zero-order valence-electron chi connectivity index (χ0n) is 29.9. The van der Waals surface area contributed by atoms with Gasteiger partial charge < -0.3 is 34.9 Å². The molecule has 4 aliphatic carbocycles. The van der Waals surface area contributed by atoms with E-state index >= 15 is 4.39 Å². The van der Waals surface area contributed by atoms with E-state index in [1.54, 1.807) is 33.8 Å². The van der Waals surface area contributed by atoms with Crippen molar-refractivity contribution in [3.05, 3.63) is 36.0 Å². The van der Waals surface area contributed by atoms with Crippen LogP contribution < -0.4 is 5.73 Å². The number of carbonyl (C=O) groups excluding carboxylic acids is 6. The molecule has 0 aromatic rings. The Bertz CT molecular complexity index is 1510. The van der Waals surface area contributed by atoms with Crippen LogP contribution >= 0.6 is 0 Å². The van der Waals surface area contributed by atoms with Gasteiger partial charge in [0.1, 0.15) is 11.7 Å². The minimum Gasteiger partial charge on any atom is -0.458 e. The summed E-state index contributed by atoms with van der Waals surface area (Å²) in [6, 6.07) is 0. The Morgan fingerprint density at radius 2 is 1.76 bits per heavy atom. The first-order chi connectivity index (χ1) is 23.8. The van der Waals surface area contributed by atoms with Crippen LogP contribution in [0.2, 0.25) is 0 Å². The van der Waals surface area contributed by atoms with E-state index in [-0.39, 0.29) is 24.5 Å². The van der Waals surface area contributed by atoms with E-state index in [9.17, 15) is 39.0 Å². The van der Waals surface area contributed by atoms with Crippen molar-refractivity contribution in [1.82, 2.24) is 0 Å². The van der Waals surface area contributed by atoms with Crippen molar-refractivity contribution < 1.29 is 62.3 Å². The molecule has 14 heteroatoms. The first kappa shape index (κ1) is 39.9. The highest BCUT2D eigenvalue weighted by molar-refractivity contribution is 6.01. The molecular formula is C37H50FNO12. The van der Waals surface area contributed by atoms with E-state index in [0.29, 0.717) is 31.3 Å². The van der Waals surface area contributed by atoms with Crippen molar-refractivity contribution in [3.8, 4) is 0 Å². The highest BCUT2D eigenvalue weighted by atomic mass is 19.1. The molecule has 13 nitrogen and oxygen atoms in total. The number of nitrogens with two attached hydrogens (primary N) is 1. The molecule has 0 aromatic heterocycles. The minimum absolute atomic E-state index is 0.224. The molecule has 0 aromatic carbocycles. The smallest absolute Gasteiger partial charge is 0.458 e. The molecule has 0 radical (unpaired) electrons. The molecule has 282 valence electrons. The minimum atomic E-state index is -2.13. The average molecular weight is 720 g/mol. The van der Waals surface area contributed by atoms with Crippen LogP contribution in [-0.4, -0.2) is 82.7 Å². The Balaban J connectivity index is 1.28. The lowest BCUT2D eigenvalue weighted by Crippen LogP contribution is -2.69. The largest absolute Gasteiger partial charge is 0.511 e. The Kier molecular flexibility index (Phi) is 12.0. The number of fused-ring (bicyclic) bond motifs is 5. The van der Waals surface area contributed by atoms with Crippen molar-refractivity contribution >= 4 is 35.6 Å². The van der Waals surface area contributed by atoms with Crippen molar-refractivity contribution in [2.75, 3.05) is 13.4 Å². The summed E-state index contributed by atoms with van der Waals surface area (Å²) in [6.07, 6.45) is 4.52. The third kappa shape index (κ3) is 7.39. The maximum atomic E-state index is 17.3. The van der Waals surface area contributed by atoms with Crippen molar-refractivity contribution in [2.45, 2.75) is 109 Å².